The molecule has 0 atom stereocenters. The lowest BCUT2D eigenvalue weighted by Crippen LogP contribution is -1.95. The number of nitrogens with zero attached hydrogens (tertiary/aromatic N) is 2. The van der Waals surface area contributed by atoms with E-state index in [-0.39, 0.29) is 4.88 Å². The molecule has 2 aromatic heterocycles. The quantitative estimate of drug-likeness (QED) is 0.798. The van der Waals surface area contributed by atoms with Gasteiger partial charge in [0.2, 0.25) is 5.88 Å². The summed E-state index contributed by atoms with van der Waals surface area (Å²) in [7, 11) is 0. The number of hydrogen-bond donors (Lipinski definition) is 1. The van der Waals surface area contributed by atoms with Gasteiger partial charge >= 0.3 is 5.97 Å². The molecule has 2 heterocycles. The minimum atomic E-state index is -0.968. The summed E-state index contributed by atoms with van der Waals surface area (Å²) in [4.78, 5) is 11.1. The fourth-order valence-corrected chi connectivity index (χ4v) is 2.53. The van der Waals surface area contributed by atoms with E-state index in [0.717, 1.165) is 27.8 Å². The number of aromatic nitrogens is 2. The lowest BCUT2D eigenvalue weighted by atomic mass is 10.1. The zero-order valence-corrected chi connectivity index (χ0v) is 11.3. The zero-order chi connectivity index (χ0) is 14.1. The molecule has 0 amide bonds. The van der Waals surface area contributed by atoms with Crippen LogP contribution in [0.5, 0.6) is 11.6 Å². The SMILES string of the molecule is Cc1nnc(Oc2csc(C(=O)O)c2)c2ccccc12. The van der Waals surface area contributed by atoms with Crippen molar-refractivity contribution in [1.82, 2.24) is 10.2 Å². The molecule has 3 rings (SSSR count). The Hall–Kier alpha value is -2.47. The average Bonchev–Trinajstić information content (AvgIpc) is 2.91. The van der Waals surface area contributed by atoms with Gasteiger partial charge in [0, 0.05) is 22.2 Å². The molecule has 5 nitrogen and oxygen atoms in total. The predicted octanol–water partition coefficient (Wildman–Crippen LogP) is 3.49. The summed E-state index contributed by atoms with van der Waals surface area (Å²) < 4.78 is 5.65. The van der Waals surface area contributed by atoms with Crippen molar-refractivity contribution in [2.45, 2.75) is 6.92 Å². The number of benzene rings is 1. The monoisotopic (exact) mass is 286 g/mol. The number of aryl methyl sites for hydroxylation is 1. The van der Waals surface area contributed by atoms with E-state index < -0.39 is 5.97 Å². The van der Waals surface area contributed by atoms with Crippen LogP contribution in [-0.4, -0.2) is 21.3 Å². The largest absolute Gasteiger partial charge is 0.477 e. The van der Waals surface area contributed by atoms with Crippen LogP contribution in [-0.2, 0) is 0 Å². The minimum absolute atomic E-state index is 0.226. The maximum Gasteiger partial charge on any atom is 0.346 e. The number of hydrogen-bond acceptors (Lipinski definition) is 5. The first-order valence-corrected chi connectivity index (χ1v) is 6.75. The van der Waals surface area contributed by atoms with Crippen LogP contribution >= 0.6 is 11.3 Å². The van der Waals surface area contributed by atoms with Crippen molar-refractivity contribution in [2.75, 3.05) is 0 Å². The first kappa shape index (κ1) is 12.6. The molecule has 0 saturated carbocycles. The molecular formula is C14H10N2O3S. The molecule has 0 fully saturated rings. The second-order valence-corrected chi connectivity index (χ2v) is 5.10. The van der Waals surface area contributed by atoms with E-state index in [1.807, 2.05) is 31.2 Å². The number of ether oxygens (including phenoxy) is 1. The van der Waals surface area contributed by atoms with Crippen molar-refractivity contribution in [1.29, 1.82) is 0 Å². The summed E-state index contributed by atoms with van der Waals surface area (Å²) in [6.07, 6.45) is 0. The molecule has 0 aliphatic carbocycles. The molecule has 0 bridgehead atoms. The van der Waals surface area contributed by atoms with Crippen LogP contribution in [0.15, 0.2) is 35.7 Å². The van der Waals surface area contributed by atoms with Gasteiger partial charge in [-0.2, -0.15) is 5.10 Å². The highest BCUT2D eigenvalue weighted by Crippen LogP contribution is 2.30. The Bertz CT molecular complexity index is 798. The molecule has 0 aliphatic rings. The maximum atomic E-state index is 10.9. The number of carboxylic acid groups (broad SMARTS) is 1. The van der Waals surface area contributed by atoms with Gasteiger partial charge in [0.25, 0.3) is 0 Å². The zero-order valence-electron chi connectivity index (χ0n) is 10.5. The Kier molecular flexibility index (Phi) is 3.08. The van der Waals surface area contributed by atoms with E-state index in [0.29, 0.717) is 11.6 Å². The fourth-order valence-electron chi connectivity index (χ4n) is 1.88. The number of aromatic carboxylic acids is 1. The summed E-state index contributed by atoms with van der Waals surface area (Å²) in [5.74, 6) is -0.138. The van der Waals surface area contributed by atoms with E-state index in [4.69, 9.17) is 9.84 Å². The third-order valence-corrected chi connectivity index (χ3v) is 3.74. The van der Waals surface area contributed by atoms with Crippen LogP contribution < -0.4 is 4.74 Å². The molecule has 3 aromatic rings. The van der Waals surface area contributed by atoms with Gasteiger partial charge in [0.1, 0.15) is 10.6 Å². The molecule has 1 aromatic carbocycles. The van der Waals surface area contributed by atoms with Gasteiger partial charge < -0.3 is 9.84 Å². The Morgan fingerprint density at radius 1 is 1.25 bits per heavy atom. The van der Waals surface area contributed by atoms with Crippen LogP contribution in [0.4, 0.5) is 0 Å². The van der Waals surface area contributed by atoms with E-state index in [9.17, 15) is 4.79 Å². The smallest absolute Gasteiger partial charge is 0.346 e. The van der Waals surface area contributed by atoms with Gasteiger partial charge in [-0.15, -0.1) is 16.4 Å². The van der Waals surface area contributed by atoms with Crippen molar-refractivity contribution in [2.24, 2.45) is 0 Å². The Morgan fingerprint density at radius 2 is 2.00 bits per heavy atom. The Balaban J connectivity index is 2.02. The summed E-state index contributed by atoms with van der Waals surface area (Å²) >= 11 is 1.11. The van der Waals surface area contributed by atoms with Crippen LogP contribution in [0.1, 0.15) is 15.4 Å². The molecule has 100 valence electrons. The molecule has 0 aliphatic heterocycles. The molecule has 0 radical (unpaired) electrons. The second-order valence-electron chi connectivity index (χ2n) is 4.19. The highest BCUT2D eigenvalue weighted by atomic mass is 32.1. The van der Waals surface area contributed by atoms with Crippen molar-refractivity contribution in [3.8, 4) is 11.6 Å². The molecular weight excluding hydrogens is 276 g/mol. The third kappa shape index (κ3) is 2.21. The van der Waals surface area contributed by atoms with Crippen LogP contribution in [0, 0.1) is 6.92 Å². The number of rotatable bonds is 3. The lowest BCUT2D eigenvalue weighted by Gasteiger charge is -2.06. The Labute approximate surface area is 118 Å². The molecule has 0 saturated heterocycles. The van der Waals surface area contributed by atoms with Gasteiger partial charge in [-0.05, 0) is 13.0 Å². The van der Waals surface area contributed by atoms with Gasteiger partial charge in [0.15, 0.2) is 0 Å². The summed E-state index contributed by atoms with van der Waals surface area (Å²) in [6, 6.07) is 9.14. The highest BCUT2D eigenvalue weighted by Gasteiger charge is 2.11. The molecule has 0 spiro atoms. The normalized spacial score (nSPS) is 10.7. The average molecular weight is 286 g/mol. The molecule has 0 unspecified atom stereocenters. The van der Waals surface area contributed by atoms with Crippen molar-refractivity contribution in [3.05, 3.63) is 46.3 Å². The van der Waals surface area contributed by atoms with E-state index >= 15 is 0 Å². The molecule has 20 heavy (non-hydrogen) atoms. The van der Waals surface area contributed by atoms with E-state index in [2.05, 4.69) is 10.2 Å². The summed E-state index contributed by atoms with van der Waals surface area (Å²) in [5, 5.41) is 20.5. The number of carbonyl (C=O) groups is 1. The highest BCUT2D eigenvalue weighted by molar-refractivity contribution is 7.12. The predicted molar refractivity (Wildman–Crippen MR) is 75.6 cm³/mol. The van der Waals surface area contributed by atoms with Crippen molar-refractivity contribution in [3.63, 3.8) is 0 Å². The fraction of sp³-hybridized carbons (Fsp3) is 0.0714. The van der Waals surface area contributed by atoms with Gasteiger partial charge in [-0.25, -0.2) is 4.79 Å². The van der Waals surface area contributed by atoms with E-state index in [1.165, 1.54) is 6.07 Å². The van der Waals surface area contributed by atoms with Gasteiger partial charge in [0.05, 0.1) is 5.69 Å². The lowest BCUT2D eigenvalue weighted by molar-refractivity contribution is 0.0702. The van der Waals surface area contributed by atoms with Crippen LogP contribution in [0.25, 0.3) is 10.8 Å². The first-order valence-electron chi connectivity index (χ1n) is 5.87. The Morgan fingerprint density at radius 3 is 2.70 bits per heavy atom. The van der Waals surface area contributed by atoms with Gasteiger partial charge in [-0.1, -0.05) is 18.2 Å². The van der Waals surface area contributed by atoms with Crippen LogP contribution in [0.2, 0.25) is 0 Å². The number of fused-ring (bicyclic) bond motifs is 1. The first-order chi connectivity index (χ1) is 9.65. The van der Waals surface area contributed by atoms with Gasteiger partial charge in [-0.3, -0.25) is 0 Å². The molecule has 6 heteroatoms. The van der Waals surface area contributed by atoms with Crippen molar-refractivity contribution >= 4 is 28.1 Å². The minimum Gasteiger partial charge on any atom is -0.477 e. The number of thiophene rings is 1. The third-order valence-electron chi connectivity index (χ3n) is 2.84. The second kappa shape index (κ2) is 4.90. The summed E-state index contributed by atoms with van der Waals surface area (Å²) in [5.41, 5.74) is 0.824. The van der Waals surface area contributed by atoms with Crippen molar-refractivity contribution < 1.29 is 14.6 Å². The standard InChI is InChI=1S/C14H10N2O3S/c1-8-10-4-2-3-5-11(10)13(16-15-8)19-9-6-12(14(17)18)20-7-9/h2-7H,1H3,(H,17,18). The topological polar surface area (TPSA) is 72.3 Å². The molecule has 1 N–H and O–H groups in total. The van der Waals surface area contributed by atoms with Crippen LogP contribution in [0.3, 0.4) is 0 Å². The maximum absolute atomic E-state index is 10.9. The summed E-state index contributed by atoms with van der Waals surface area (Å²) in [6.45, 7) is 1.88. The number of carboxylic acids is 1. The van der Waals surface area contributed by atoms with E-state index in [1.54, 1.807) is 5.38 Å².